The monoisotopic (exact) mass is 359 g/mol. The van der Waals surface area contributed by atoms with Crippen molar-refractivity contribution in [1.82, 2.24) is 0 Å². The zero-order valence-electron chi connectivity index (χ0n) is 13.5. The number of benzene rings is 1. The molecule has 0 unspecified atom stereocenters. The summed E-state index contributed by atoms with van der Waals surface area (Å²) in [5.74, 6) is 0. The molecule has 0 spiro atoms. The van der Waals surface area contributed by atoms with Crippen LogP contribution < -0.4 is 9.24 Å². The van der Waals surface area contributed by atoms with Gasteiger partial charge in [-0.2, -0.15) is 0 Å². The van der Waals surface area contributed by atoms with Gasteiger partial charge >= 0.3 is 0 Å². The van der Waals surface area contributed by atoms with Gasteiger partial charge in [0.1, 0.15) is 0 Å². The molecule has 0 atom stereocenters. The van der Waals surface area contributed by atoms with Gasteiger partial charge in [-0.05, 0) is 37.3 Å². The van der Waals surface area contributed by atoms with E-state index in [9.17, 15) is 10.1 Å². The molecule has 0 aromatic heterocycles. The van der Waals surface area contributed by atoms with Gasteiger partial charge in [0.25, 0.3) is 0 Å². The lowest BCUT2D eigenvalue weighted by molar-refractivity contribution is -0.427. The van der Waals surface area contributed by atoms with Crippen molar-refractivity contribution in [2.24, 2.45) is 0 Å². The van der Waals surface area contributed by atoms with Crippen LogP contribution in [0.2, 0.25) is 0 Å². The van der Waals surface area contributed by atoms with E-state index in [2.05, 4.69) is 44.1 Å². The molecule has 5 nitrogen and oxygen atoms in total. The summed E-state index contributed by atoms with van der Waals surface area (Å²) in [5, 5.41) is 9.80. The van der Waals surface area contributed by atoms with Crippen LogP contribution in [-0.2, 0) is 0 Å². The van der Waals surface area contributed by atoms with Gasteiger partial charge in [0.15, 0.2) is 0 Å². The van der Waals surface area contributed by atoms with Crippen molar-refractivity contribution in [2.75, 3.05) is 23.3 Å². The van der Waals surface area contributed by atoms with Crippen LogP contribution in [0.3, 0.4) is 0 Å². The van der Waals surface area contributed by atoms with Crippen LogP contribution in [0, 0.1) is 10.1 Å². The zero-order chi connectivity index (χ0) is 16.8. The normalized spacial score (nSPS) is 8.48. The summed E-state index contributed by atoms with van der Waals surface area (Å²) in [6.45, 7) is 9.13. The summed E-state index contributed by atoms with van der Waals surface area (Å²) >= 11 is 3.16. The number of hydrogen-bond donors (Lipinski definition) is 1. The first kappa shape index (κ1) is 21.7. The largest absolute Gasteiger partial charge is 0.378 e. The smallest absolute Gasteiger partial charge is 0.239 e. The SMILES string of the molecule is C=C(CCC)[N+](=O)[O-].CC.CN(C)c1ccc(NBr)cc1. The van der Waals surface area contributed by atoms with Crippen molar-refractivity contribution in [3.63, 3.8) is 0 Å². The third-order valence-corrected chi connectivity index (χ3v) is 2.75. The van der Waals surface area contributed by atoms with Gasteiger partial charge in [-0.1, -0.05) is 20.8 Å². The average Bonchev–Trinajstić information content (AvgIpc) is 2.50. The Morgan fingerprint density at radius 2 is 1.81 bits per heavy atom. The van der Waals surface area contributed by atoms with E-state index in [4.69, 9.17) is 0 Å². The van der Waals surface area contributed by atoms with E-state index in [0.717, 1.165) is 12.1 Å². The molecule has 1 aromatic rings. The molecule has 0 aliphatic heterocycles. The molecule has 0 bridgehead atoms. The zero-order valence-corrected chi connectivity index (χ0v) is 15.1. The number of nitro groups is 1. The first-order valence-electron chi connectivity index (χ1n) is 6.88. The first-order valence-corrected chi connectivity index (χ1v) is 7.67. The molecule has 0 amide bonds. The van der Waals surface area contributed by atoms with Crippen molar-refractivity contribution >= 4 is 27.5 Å². The molecule has 120 valence electrons. The van der Waals surface area contributed by atoms with Gasteiger partial charge < -0.3 is 9.24 Å². The maximum absolute atomic E-state index is 9.80. The highest BCUT2D eigenvalue weighted by Gasteiger charge is 2.01. The molecule has 1 N–H and O–H groups in total. The predicted octanol–water partition coefficient (Wildman–Crippen LogP) is 5.08. The summed E-state index contributed by atoms with van der Waals surface area (Å²) in [4.78, 5) is 11.4. The van der Waals surface area contributed by atoms with Gasteiger partial charge in [0.2, 0.25) is 5.70 Å². The second-order valence-electron chi connectivity index (χ2n) is 4.11. The topological polar surface area (TPSA) is 58.4 Å². The lowest BCUT2D eigenvalue weighted by Gasteiger charge is -2.11. The molecule has 0 saturated carbocycles. The van der Waals surface area contributed by atoms with E-state index in [-0.39, 0.29) is 5.70 Å². The number of allylic oxidation sites excluding steroid dienone is 1. The Balaban J connectivity index is 0. The van der Waals surface area contributed by atoms with Crippen LogP contribution in [0.15, 0.2) is 36.5 Å². The molecule has 0 radical (unpaired) electrons. The van der Waals surface area contributed by atoms with E-state index in [1.807, 2.05) is 47.0 Å². The fourth-order valence-electron chi connectivity index (χ4n) is 1.20. The van der Waals surface area contributed by atoms with E-state index in [1.54, 1.807) is 0 Å². The number of rotatable bonds is 5. The summed E-state index contributed by atoms with van der Waals surface area (Å²) in [7, 11) is 4.05. The molecule has 1 aromatic carbocycles. The predicted molar refractivity (Wildman–Crippen MR) is 95.7 cm³/mol. The molecule has 6 heteroatoms. The average molecular weight is 360 g/mol. The quantitative estimate of drug-likeness (QED) is 0.452. The fraction of sp³-hybridized carbons (Fsp3) is 0.467. The molecule has 0 saturated heterocycles. The molecular formula is C15H26BrN3O2. The molecular weight excluding hydrogens is 334 g/mol. The van der Waals surface area contributed by atoms with Crippen molar-refractivity contribution in [3.8, 4) is 0 Å². The van der Waals surface area contributed by atoms with Crippen molar-refractivity contribution in [3.05, 3.63) is 46.7 Å². The highest BCUT2D eigenvalue weighted by molar-refractivity contribution is 9.10. The van der Waals surface area contributed by atoms with E-state index in [0.29, 0.717) is 6.42 Å². The summed E-state index contributed by atoms with van der Waals surface area (Å²) in [6, 6.07) is 8.15. The fourth-order valence-corrected chi connectivity index (χ4v) is 1.47. The van der Waals surface area contributed by atoms with Crippen LogP contribution in [0.4, 0.5) is 11.4 Å². The Morgan fingerprint density at radius 3 is 2.05 bits per heavy atom. The van der Waals surface area contributed by atoms with Gasteiger partial charge in [-0.15, -0.1) is 0 Å². The van der Waals surface area contributed by atoms with Crippen LogP contribution >= 0.6 is 16.1 Å². The summed E-state index contributed by atoms with van der Waals surface area (Å²) in [6.07, 6.45) is 1.28. The molecule has 0 heterocycles. The number of nitrogens with zero attached hydrogens (tertiary/aromatic N) is 2. The minimum Gasteiger partial charge on any atom is -0.378 e. The van der Waals surface area contributed by atoms with Gasteiger partial charge in [0, 0.05) is 48.0 Å². The van der Waals surface area contributed by atoms with Crippen LogP contribution in [0.1, 0.15) is 33.6 Å². The third-order valence-electron chi connectivity index (χ3n) is 2.29. The Bertz CT molecular complexity index is 406. The van der Waals surface area contributed by atoms with Crippen molar-refractivity contribution in [2.45, 2.75) is 33.6 Å². The molecule has 0 aliphatic carbocycles. The van der Waals surface area contributed by atoms with E-state index < -0.39 is 4.92 Å². The highest BCUT2D eigenvalue weighted by atomic mass is 79.9. The van der Waals surface area contributed by atoms with Crippen LogP contribution in [0.25, 0.3) is 0 Å². The molecule has 1 rings (SSSR count). The molecule has 0 fully saturated rings. The maximum atomic E-state index is 9.80. The standard InChI is InChI=1S/C8H11BrN2.C5H9NO2.C2H6/c1-11(2)8-5-3-7(10-9)4-6-8;1-3-4-5(2)6(7)8;1-2/h3-6,10H,1-2H3;2-4H2,1H3;1-2H3. The lowest BCUT2D eigenvalue weighted by atomic mass is 10.3. The number of anilines is 2. The van der Waals surface area contributed by atoms with Crippen LogP contribution in [0.5, 0.6) is 0 Å². The van der Waals surface area contributed by atoms with Gasteiger partial charge in [0.05, 0.1) is 4.92 Å². The summed E-state index contributed by atoms with van der Waals surface area (Å²) in [5.41, 5.74) is 2.37. The Kier molecular flexibility index (Phi) is 13.9. The molecule has 0 aliphatic rings. The van der Waals surface area contributed by atoms with E-state index in [1.165, 1.54) is 5.69 Å². The Labute approximate surface area is 136 Å². The van der Waals surface area contributed by atoms with Crippen molar-refractivity contribution < 1.29 is 4.92 Å². The highest BCUT2D eigenvalue weighted by Crippen LogP contribution is 2.16. The molecule has 21 heavy (non-hydrogen) atoms. The Morgan fingerprint density at radius 1 is 1.33 bits per heavy atom. The number of hydrogen-bond acceptors (Lipinski definition) is 4. The maximum Gasteiger partial charge on any atom is 0.239 e. The summed E-state index contributed by atoms with van der Waals surface area (Å²) < 4.78 is 2.89. The minimum atomic E-state index is -0.441. The van der Waals surface area contributed by atoms with Gasteiger partial charge in [-0.3, -0.25) is 10.1 Å². The minimum absolute atomic E-state index is 0.104. The van der Waals surface area contributed by atoms with Gasteiger partial charge in [-0.25, -0.2) is 0 Å². The third kappa shape index (κ3) is 10.8. The van der Waals surface area contributed by atoms with Crippen LogP contribution in [-0.4, -0.2) is 19.0 Å². The van der Waals surface area contributed by atoms with Crippen molar-refractivity contribution in [1.29, 1.82) is 0 Å². The van der Waals surface area contributed by atoms with E-state index >= 15 is 0 Å². The number of halogens is 1. The second-order valence-corrected chi connectivity index (χ2v) is 4.51. The lowest BCUT2D eigenvalue weighted by Crippen LogP contribution is -2.07. The Hall–Kier alpha value is -1.56. The second kappa shape index (κ2) is 13.4. The first-order chi connectivity index (χ1) is 9.92. The number of nitrogens with one attached hydrogen (secondary N) is 1.